The first kappa shape index (κ1) is 14.7. The van der Waals surface area contributed by atoms with E-state index in [1.807, 2.05) is 0 Å². The fraction of sp³-hybridized carbons (Fsp3) is 0.929. The highest BCUT2D eigenvalue weighted by molar-refractivity contribution is 5.79. The molecule has 110 valence electrons. The highest BCUT2D eigenvalue weighted by Gasteiger charge is 2.39. The van der Waals surface area contributed by atoms with Gasteiger partial charge in [0.1, 0.15) is 0 Å². The summed E-state index contributed by atoms with van der Waals surface area (Å²) in [7, 11) is 0. The van der Waals surface area contributed by atoms with E-state index in [0.29, 0.717) is 6.54 Å². The first-order chi connectivity index (χ1) is 9.03. The summed E-state index contributed by atoms with van der Waals surface area (Å²) in [4.78, 5) is 14.2. The Balaban J connectivity index is 1.95. The Hall–Kier alpha value is -0.710. The number of halogens is 2. The van der Waals surface area contributed by atoms with Crippen LogP contribution in [0.2, 0.25) is 0 Å². The van der Waals surface area contributed by atoms with Gasteiger partial charge in [-0.2, -0.15) is 0 Å². The Morgan fingerprint density at radius 3 is 2.26 bits per heavy atom. The summed E-state index contributed by atoms with van der Waals surface area (Å²) in [5.74, 6) is -2.88. The molecule has 0 radical (unpaired) electrons. The monoisotopic (exact) mass is 275 g/mol. The molecule has 0 atom stereocenters. The van der Waals surface area contributed by atoms with Crippen LogP contribution < -0.4 is 0 Å². The quantitative estimate of drug-likeness (QED) is 0.856. The number of aliphatic hydroxyl groups excluding tert-OH is 1. The standard InChI is InChI=1S/C14H23F2NO2/c15-14(16)7-5-11(6-8-14)13(19)17(9-10-18)12-3-1-2-4-12/h11-12,18H,1-10H2. The summed E-state index contributed by atoms with van der Waals surface area (Å²) in [6, 6.07) is 0.210. The zero-order chi connectivity index (χ0) is 13.9. The number of aliphatic hydroxyl groups is 1. The summed E-state index contributed by atoms with van der Waals surface area (Å²) in [5, 5.41) is 9.11. The third-order valence-electron chi connectivity index (χ3n) is 4.46. The number of carbonyl (C=O) groups excluding carboxylic acids is 1. The number of rotatable bonds is 4. The lowest BCUT2D eigenvalue weighted by molar-refractivity contribution is -0.142. The number of alkyl halides is 2. The minimum Gasteiger partial charge on any atom is -0.395 e. The average molecular weight is 275 g/mol. The minimum absolute atomic E-state index is 0.0172. The molecule has 2 aliphatic rings. The summed E-state index contributed by atoms with van der Waals surface area (Å²) in [6.07, 6.45) is 4.39. The third-order valence-corrected chi connectivity index (χ3v) is 4.46. The molecule has 2 rings (SSSR count). The van der Waals surface area contributed by atoms with Gasteiger partial charge in [0, 0.05) is 31.3 Å². The fourth-order valence-corrected chi connectivity index (χ4v) is 3.32. The molecular formula is C14H23F2NO2. The lowest BCUT2D eigenvalue weighted by Gasteiger charge is -2.35. The van der Waals surface area contributed by atoms with Crippen molar-refractivity contribution in [1.82, 2.24) is 4.90 Å². The molecule has 0 aromatic heterocycles. The Bertz CT molecular complexity index is 307. The SMILES string of the molecule is O=C(C1CCC(F)(F)CC1)N(CCO)C1CCCC1. The molecule has 0 saturated heterocycles. The van der Waals surface area contributed by atoms with E-state index in [1.165, 1.54) is 0 Å². The van der Waals surface area contributed by atoms with Gasteiger partial charge in [0.05, 0.1) is 6.61 Å². The van der Waals surface area contributed by atoms with Gasteiger partial charge >= 0.3 is 0 Å². The van der Waals surface area contributed by atoms with E-state index >= 15 is 0 Å². The van der Waals surface area contributed by atoms with Crippen LogP contribution in [0.3, 0.4) is 0 Å². The number of hydrogen-bond acceptors (Lipinski definition) is 2. The number of amides is 1. The van der Waals surface area contributed by atoms with Crippen molar-refractivity contribution in [1.29, 1.82) is 0 Å². The van der Waals surface area contributed by atoms with Crippen LogP contribution in [-0.2, 0) is 4.79 Å². The second kappa shape index (κ2) is 6.16. The maximum atomic E-state index is 13.1. The van der Waals surface area contributed by atoms with Crippen molar-refractivity contribution in [3.05, 3.63) is 0 Å². The molecule has 2 aliphatic carbocycles. The smallest absolute Gasteiger partial charge is 0.248 e. The Morgan fingerprint density at radius 1 is 1.16 bits per heavy atom. The molecule has 0 unspecified atom stereocenters. The molecule has 0 aliphatic heterocycles. The van der Waals surface area contributed by atoms with Gasteiger partial charge in [-0.25, -0.2) is 8.78 Å². The maximum absolute atomic E-state index is 13.1. The Kier molecular flexibility index (Phi) is 4.76. The van der Waals surface area contributed by atoms with E-state index in [2.05, 4.69) is 0 Å². The normalized spacial score (nSPS) is 24.6. The van der Waals surface area contributed by atoms with Crippen molar-refractivity contribution < 1.29 is 18.7 Å². The first-order valence-corrected chi connectivity index (χ1v) is 7.33. The van der Waals surface area contributed by atoms with E-state index in [1.54, 1.807) is 4.90 Å². The van der Waals surface area contributed by atoms with Crippen molar-refractivity contribution in [3.63, 3.8) is 0 Å². The predicted octanol–water partition coefficient (Wildman–Crippen LogP) is 2.58. The number of hydrogen-bond donors (Lipinski definition) is 1. The lowest BCUT2D eigenvalue weighted by Crippen LogP contribution is -2.45. The van der Waals surface area contributed by atoms with Crippen LogP contribution in [0.1, 0.15) is 51.4 Å². The molecule has 0 spiro atoms. The first-order valence-electron chi connectivity index (χ1n) is 7.33. The molecule has 0 heterocycles. The van der Waals surface area contributed by atoms with Gasteiger partial charge in [-0.05, 0) is 25.7 Å². The number of carbonyl (C=O) groups is 1. The second-order valence-corrected chi connectivity index (χ2v) is 5.82. The van der Waals surface area contributed by atoms with E-state index < -0.39 is 5.92 Å². The average Bonchev–Trinajstić information content (AvgIpc) is 2.89. The maximum Gasteiger partial charge on any atom is 0.248 e. The van der Waals surface area contributed by atoms with Gasteiger partial charge in [-0.1, -0.05) is 12.8 Å². The molecule has 0 aromatic rings. The van der Waals surface area contributed by atoms with Crippen LogP contribution in [0.5, 0.6) is 0 Å². The van der Waals surface area contributed by atoms with Crippen LogP contribution in [0, 0.1) is 5.92 Å². The summed E-state index contributed by atoms with van der Waals surface area (Å²) >= 11 is 0. The zero-order valence-electron chi connectivity index (χ0n) is 11.3. The zero-order valence-corrected chi connectivity index (χ0v) is 11.3. The van der Waals surface area contributed by atoms with Gasteiger partial charge in [0.15, 0.2) is 0 Å². The van der Waals surface area contributed by atoms with Crippen molar-refractivity contribution in [2.45, 2.75) is 63.3 Å². The Labute approximate surface area is 113 Å². The summed E-state index contributed by atoms with van der Waals surface area (Å²) in [6.45, 7) is 0.293. The van der Waals surface area contributed by atoms with Crippen LogP contribution in [0.15, 0.2) is 0 Å². The minimum atomic E-state index is -2.59. The highest BCUT2D eigenvalue weighted by Crippen LogP contribution is 2.37. The lowest BCUT2D eigenvalue weighted by atomic mass is 9.85. The van der Waals surface area contributed by atoms with Crippen molar-refractivity contribution >= 4 is 5.91 Å². The third kappa shape index (κ3) is 3.65. The highest BCUT2D eigenvalue weighted by atomic mass is 19.3. The molecule has 1 N–H and O–H groups in total. The van der Waals surface area contributed by atoms with Gasteiger partial charge in [-0.3, -0.25) is 4.79 Å². The molecular weight excluding hydrogens is 252 g/mol. The molecule has 2 fully saturated rings. The summed E-state index contributed by atoms with van der Waals surface area (Å²) < 4.78 is 26.3. The van der Waals surface area contributed by atoms with E-state index in [9.17, 15) is 13.6 Å². The van der Waals surface area contributed by atoms with E-state index in [0.717, 1.165) is 25.7 Å². The number of nitrogens with zero attached hydrogens (tertiary/aromatic N) is 1. The molecule has 3 nitrogen and oxygen atoms in total. The molecule has 0 aromatic carbocycles. The van der Waals surface area contributed by atoms with Crippen molar-refractivity contribution in [2.75, 3.05) is 13.2 Å². The van der Waals surface area contributed by atoms with Crippen LogP contribution in [0.4, 0.5) is 8.78 Å². The predicted molar refractivity (Wildman–Crippen MR) is 68.0 cm³/mol. The largest absolute Gasteiger partial charge is 0.395 e. The second-order valence-electron chi connectivity index (χ2n) is 5.82. The van der Waals surface area contributed by atoms with Crippen molar-refractivity contribution in [3.8, 4) is 0 Å². The molecule has 1 amide bonds. The summed E-state index contributed by atoms with van der Waals surface area (Å²) in [5.41, 5.74) is 0. The fourth-order valence-electron chi connectivity index (χ4n) is 3.32. The van der Waals surface area contributed by atoms with Gasteiger partial charge in [-0.15, -0.1) is 0 Å². The Morgan fingerprint density at radius 2 is 1.74 bits per heavy atom. The van der Waals surface area contributed by atoms with Crippen LogP contribution >= 0.6 is 0 Å². The van der Waals surface area contributed by atoms with Crippen LogP contribution in [-0.4, -0.2) is 41.0 Å². The van der Waals surface area contributed by atoms with Crippen LogP contribution in [0.25, 0.3) is 0 Å². The van der Waals surface area contributed by atoms with Crippen molar-refractivity contribution in [2.24, 2.45) is 5.92 Å². The van der Waals surface area contributed by atoms with Gasteiger partial charge < -0.3 is 10.0 Å². The molecule has 0 bridgehead atoms. The van der Waals surface area contributed by atoms with Gasteiger partial charge in [0.25, 0.3) is 0 Å². The molecule has 2 saturated carbocycles. The topological polar surface area (TPSA) is 40.5 Å². The van der Waals surface area contributed by atoms with Gasteiger partial charge in [0.2, 0.25) is 11.8 Å². The molecule has 19 heavy (non-hydrogen) atoms. The van der Waals surface area contributed by atoms with E-state index in [-0.39, 0.29) is 50.2 Å². The molecule has 5 heteroatoms. The van der Waals surface area contributed by atoms with E-state index in [4.69, 9.17) is 5.11 Å².